The minimum Gasteiger partial charge on any atom is -0.507 e. The minimum absolute atomic E-state index is 0.0197. The zero-order chi connectivity index (χ0) is 12.1. The van der Waals surface area contributed by atoms with E-state index >= 15 is 0 Å². The molecule has 0 aliphatic carbocycles. The Morgan fingerprint density at radius 3 is 2.75 bits per heavy atom. The van der Waals surface area contributed by atoms with Gasteiger partial charge in [-0.25, -0.2) is 0 Å². The molecule has 0 atom stereocenters. The highest BCUT2D eigenvalue weighted by Gasteiger charge is 2.15. The Bertz CT molecular complexity index is 377. The van der Waals surface area contributed by atoms with Crippen LogP contribution in [0, 0.1) is 0 Å². The molecule has 1 rings (SSSR count). The largest absolute Gasteiger partial charge is 0.507 e. The molecule has 4 nitrogen and oxygen atoms in total. The zero-order valence-corrected chi connectivity index (χ0v) is 9.86. The molecular formula is C12H17NO3. The van der Waals surface area contributed by atoms with Gasteiger partial charge in [-0.2, -0.15) is 0 Å². The van der Waals surface area contributed by atoms with Gasteiger partial charge in [-0.3, -0.25) is 4.79 Å². The molecular weight excluding hydrogens is 206 g/mol. The number of rotatable bonds is 4. The topological polar surface area (TPSA) is 49.8 Å². The van der Waals surface area contributed by atoms with E-state index < -0.39 is 0 Å². The molecule has 0 radical (unpaired) electrons. The maximum atomic E-state index is 11.9. The van der Waals surface area contributed by atoms with Crippen molar-refractivity contribution in [2.45, 2.75) is 13.3 Å². The molecule has 0 aromatic heterocycles. The number of carbonyl (C=O) groups excluding carboxylic acids is 1. The first-order chi connectivity index (χ1) is 7.60. The number of phenolic OH excluding ortho intramolecular Hbond substituents is 1. The summed E-state index contributed by atoms with van der Waals surface area (Å²) >= 11 is 0. The molecule has 16 heavy (non-hydrogen) atoms. The second kappa shape index (κ2) is 5.39. The molecule has 1 aromatic carbocycles. The Morgan fingerprint density at radius 2 is 2.19 bits per heavy atom. The monoisotopic (exact) mass is 223 g/mol. The van der Waals surface area contributed by atoms with Crippen LogP contribution in [0.25, 0.3) is 0 Å². The van der Waals surface area contributed by atoms with Gasteiger partial charge in [0, 0.05) is 13.6 Å². The molecule has 0 unspecified atom stereocenters. The molecule has 88 valence electrons. The number of amides is 1. The van der Waals surface area contributed by atoms with Crippen molar-refractivity contribution < 1.29 is 14.6 Å². The first kappa shape index (κ1) is 12.4. The van der Waals surface area contributed by atoms with Gasteiger partial charge in [0.15, 0.2) is 0 Å². The zero-order valence-electron chi connectivity index (χ0n) is 9.86. The van der Waals surface area contributed by atoms with Gasteiger partial charge in [0.05, 0.1) is 12.7 Å². The lowest BCUT2D eigenvalue weighted by atomic mass is 10.1. The number of ether oxygens (including phenoxy) is 1. The van der Waals surface area contributed by atoms with Crippen molar-refractivity contribution in [1.82, 2.24) is 4.90 Å². The van der Waals surface area contributed by atoms with Crippen LogP contribution < -0.4 is 4.74 Å². The van der Waals surface area contributed by atoms with E-state index in [1.54, 1.807) is 24.1 Å². The highest BCUT2D eigenvalue weighted by atomic mass is 16.5. The average Bonchev–Trinajstić information content (AvgIpc) is 2.29. The predicted molar refractivity (Wildman–Crippen MR) is 61.9 cm³/mol. The number of methoxy groups -OCH3 is 1. The number of hydrogen-bond donors (Lipinski definition) is 1. The number of phenols is 1. The molecule has 1 aromatic rings. The number of aromatic hydroxyl groups is 1. The van der Waals surface area contributed by atoms with Crippen LogP contribution in [0.5, 0.6) is 11.5 Å². The Kier molecular flexibility index (Phi) is 4.17. The Hall–Kier alpha value is -1.71. The van der Waals surface area contributed by atoms with Gasteiger partial charge >= 0.3 is 0 Å². The third-order valence-electron chi connectivity index (χ3n) is 2.34. The number of benzene rings is 1. The lowest BCUT2D eigenvalue weighted by Crippen LogP contribution is -2.27. The van der Waals surface area contributed by atoms with Gasteiger partial charge in [0.1, 0.15) is 11.5 Å². The molecule has 4 heteroatoms. The molecule has 0 saturated heterocycles. The molecule has 0 fully saturated rings. The average molecular weight is 223 g/mol. The third-order valence-corrected chi connectivity index (χ3v) is 2.34. The van der Waals surface area contributed by atoms with Gasteiger partial charge < -0.3 is 14.7 Å². The second-order valence-electron chi connectivity index (χ2n) is 3.61. The van der Waals surface area contributed by atoms with E-state index in [2.05, 4.69) is 0 Å². The standard InChI is InChI=1S/C12H17NO3/c1-4-7-13(2)12(15)10-8-9(16-3)5-6-11(10)14/h5-6,8,14H,4,7H2,1-3H3. The summed E-state index contributed by atoms with van der Waals surface area (Å²) in [6.45, 7) is 2.66. The molecule has 1 N–H and O–H groups in total. The molecule has 0 spiro atoms. The summed E-state index contributed by atoms with van der Waals surface area (Å²) in [5.41, 5.74) is 0.273. The van der Waals surface area contributed by atoms with Gasteiger partial charge in [0.2, 0.25) is 0 Å². The van der Waals surface area contributed by atoms with Crippen molar-refractivity contribution >= 4 is 5.91 Å². The molecule has 1 amide bonds. The van der Waals surface area contributed by atoms with Crippen molar-refractivity contribution in [2.75, 3.05) is 20.7 Å². The van der Waals surface area contributed by atoms with Gasteiger partial charge in [-0.05, 0) is 24.6 Å². The Morgan fingerprint density at radius 1 is 1.50 bits per heavy atom. The fourth-order valence-electron chi connectivity index (χ4n) is 1.46. The van der Waals surface area contributed by atoms with Crippen LogP contribution in [-0.2, 0) is 0 Å². The van der Waals surface area contributed by atoms with Crippen LogP contribution in [0.2, 0.25) is 0 Å². The van der Waals surface area contributed by atoms with E-state index in [-0.39, 0.29) is 17.2 Å². The van der Waals surface area contributed by atoms with Crippen LogP contribution in [0.15, 0.2) is 18.2 Å². The van der Waals surface area contributed by atoms with E-state index in [1.165, 1.54) is 13.2 Å². The van der Waals surface area contributed by atoms with Gasteiger partial charge in [0.25, 0.3) is 5.91 Å². The van der Waals surface area contributed by atoms with Crippen LogP contribution in [0.3, 0.4) is 0 Å². The van der Waals surface area contributed by atoms with E-state index in [0.717, 1.165) is 6.42 Å². The van der Waals surface area contributed by atoms with Crippen LogP contribution in [0.1, 0.15) is 23.7 Å². The number of nitrogens with zero attached hydrogens (tertiary/aromatic N) is 1. The summed E-state index contributed by atoms with van der Waals surface area (Å²) in [6, 6.07) is 4.63. The number of hydrogen-bond acceptors (Lipinski definition) is 3. The molecule has 0 saturated carbocycles. The second-order valence-corrected chi connectivity index (χ2v) is 3.61. The van der Waals surface area contributed by atoms with E-state index in [0.29, 0.717) is 12.3 Å². The summed E-state index contributed by atoms with van der Waals surface area (Å²) < 4.78 is 5.02. The molecule has 0 heterocycles. The van der Waals surface area contributed by atoms with Gasteiger partial charge in [-0.1, -0.05) is 6.92 Å². The van der Waals surface area contributed by atoms with E-state index in [4.69, 9.17) is 4.74 Å². The summed E-state index contributed by atoms with van der Waals surface area (Å²) in [5, 5.41) is 9.61. The molecule has 0 bridgehead atoms. The quantitative estimate of drug-likeness (QED) is 0.847. The molecule has 0 aliphatic heterocycles. The summed E-state index contributed by atoms with van der Waals surface area (Å²) in [4.78, 5) is 13.5. The van der Waals surface area contributed by atoms with Crippen molar-refractivity contribution in [3.63, 3.8) is 0 Å². The lowest BCUT2D eigenvalue weighted by molar-refractivity contribution is 0.0791. The third kappa shape index (κ3) is 2.66. The Labute approximate surface area is 95.5 Å². The maximum Gasteiger partial charge on any atom is 0.257 e. The lowest BCUT2D eigenvalue weighted by Gasteiger charge is -2.17. The minimum atomic E-state index is -0.196. The van der Waals surface area contributed by atoms with Crippen LogP contribution in [-0.4, -0.2) is 36.6 Å². The molecule has 0 aliphatic rings. The smallest absolute Gasteiger partial charge is 0.257 e. The SMILES string of the molecule is CCCN(C)C(=O)c1cc(OC)ccc1O. The van der Waals surface area contributed by atoms with Crippen molar-refractivity contribution in [3.8, 4) is 11.5 Å². The van der Waals surface area contributed by atoms with E-state index in [9.17, 15) is 9.90 Å². The van der Waals surface area contributed by atoms with Gasteiger partial charge in [-0.15, -0.1) is 0 Å². The summed E-state index contributed by atoms with van der Waals surface area (Å²) in [7, 11) is 3.24. The normalized spacial score (nSPS) is 9.94. The fraction of sp³-hybridized carbons (Fsp3) is 0.417. The summed E-state index contributed by atoms with van der Waals surface area (Å²) in [6.07, 6.45) is 0.882. The van der Waals surface area contributed by atoms with E-state index in [1.807, 2.05) is 6.92 Å². The number of carbonyl (C=O) groups is 1. The fourth-order valence-corrected chi connectivity index (χ4v) is 1.46. The first-order valence-corrected chi connectivity index (χ1v) is 5.22. The predicted octanol–water partition coefficient (Wildman–Crippen LogP) is 1.88. The van der Waals surface area contributed by atoms with Crippen LogP contribution in [0.4, 0.5) is 0 Å². The van der Waals surface area contributed by atoms with Crippen molar-refractivity contribution in [3.05, 3.63) is 23.8 Å². The first-order valence-electron chi connectivity index (χ1n) is 5.22. The highest BCUT2D eigenvalue weighted by molar-refractivity contribution is 5.97. The van der Waals surface area contributed by atoms with Crippen LogP contribution >= 0.6 is 0 Å². The summed E-state index contributed by atoms with van der Waals surface area (Å²) in [5.74, 6) is 0.345. The highest BCUT2D eigenvalue weighted by Crippen LogP contribution is 2.23. The van der Waals surface area contributed by atoms with Crippen molar-refractivity contribution in [1.29, 1.82) is 0 Å². The Balaban J connectivity index is 2.97. The van der Waals surface area contributed by atoms with Crippen molar-refractivity contribution in [2.24, 2.45) is 0 Å². The maximum absolute atomic E-state index is 11.9.